The minimum atomic E-state index is -3.76. The average molecular weight is 674 g/mol. The quantitative estimate of drug-likeness (QED) is 0.338. The fraction of sp³-hybridized carbons (Fsp3) is 0.543. The number of aryl methyl sites for hydroxylation is 1. The molecule has 4 unspecified atom stereocenters. The second-order valence-corrected chi connectivity index (χ2v) is 15.3. The van der Waals surface area contributed by atoms with Crippen molar-refractivity contribution in [1.29, 1.82) is 0 Å². The van der Waals surface area contributed by atoms with Gasteiger partial charge in [0.1, 0.15) is 11.4 Å². The van der Waals surface area contributed by atoms with E-state index in [1.807, 2.05) is 12.1 Å². The summed E-state index contributed by atoms with van der Waals surface area (Å²) in [6.45, 7) is 12.3. The normalized spacial score (nSPS) is 26.1. The average Bonchev–Trinajstić information content (AvgIpc) is 3.18. The highest BCUT2D eigenvalue weighted by molar-refractivity contribution is 7.92. The van der Waals surface area contributed by atoms with Crippen molar-refractivity contribution in [3.8, 4) is 5.75 Å². The smallest absolute Gasteiger partial charge is 0.287 e. The zero-order valence-corrected chi connectivity index (χ0v) is 29.3. The largest absolute Gasteiger partial charge is 0.491 e. The summed E-state index contributed by atoms with van der Waals surface area (Å²) in [6, 6.07) is 11.0. The first-order chi connectivity index (χ1) is 21.8. The van der Waals surface area contributed by atoms with Crippen molar-refractivity contribution in [2.45, 2.75) is 89.7 Å². The number of aliphatic hydroxyl groups excluding tert-OH is 1. The zero-order valence-electron chi connectivity index (χ0n) is 27.8. The Kier molecular flexibility index (Phi) is 12.0. The first-order valence-electron chi connectivity index (χ1n) is 16.2. The summed E-state index contributed by atoms with van der Waals surface area (Å²) in [5.74, 6) is -1.20. The number of halogens is 1. The van der Waals surface area contributed by atoms with E-state index in [4.69, 9.17) is 21.1 Å². The number of fused-ring (bicyclic) bond motifs is 1. The predicted octanol–water partition coefficient (Wildman–Crippen LogP) is 6.46. The topological polar surface area (TPSA) is 118 Å². The van der Waals surface area contributed by atoms with Crippen molar-refractivity contribution in [2.24, 2.45) is 16.2 Å². The fourth-order valence-corrected chi connectivity index (χ4v) is 7.68. The molecule has 4 rings (SSSR count). The molecular weight excluding hydrogens is 626 g/mol. The second kappa shape index (κ2) is 15.3. The molecule has 9 nitrogen and oxygen atoms in total. The Hall–Kier alpha value is -2.92. The Morgan fingerprint density at radius 2 is 1.98 bits per heavy atom. The van der Waals surface area contributed by atoms with Gasteiger partial charge in [-0.1, -0.05) is 70.4 Å². The van der Waals surface area contributed by atoms with Gasteiger partial charge in [-0.15, -0.1) is 4.36 Å². The first kappa shape index (κ1) is 35.9. The lowest BCUT2D eigenvalue weighted by Gasteiger charge is -2.30. The van der Waals surface area contributed by atoms with Crippen LogP contribution in [0.5, 0.6) is 5.75 Å². The molecule has 252 valence electrons. The Morgan fingerprint density at radius 3 is 2.67 bits per heavy atom. The molecule has 0 saturated heterocycles. The van der Waals surface area contributed by atoms with Crippen LogP contribution in [0.25, 0.3) is 0 Å². The van der Waals surface area contributed by atoms with E-state index < -0.39 is 39.4 Å². The number of aliphatic hydroxyl groups is 1. The maximum Gasteiger partial charge on any atom is 0.287 e. The fourth-order valence-electron chi connectivity index (χ4n) is 5.73. The van der Waals surface area contributed by atoms with E-state index in [0.29, 0.717) is 42.6 Å². The highest BCUT2D eigenvalue weighted by atomic mass is 35.5. The van der Waals surface area contributed by atoms with E-state index in [1.54, 1.807) is 58.0 Å². The van der Waals surface area contributed by atoms with Gasteiger partial charge in [0.2, 0.25) is 5.91 Å². The van der Waals surface area contributed by atoms with Gasteiger partial charge >= 0.3 is 0 Å². The second-order valence-electron chi connectivity index (χ2n) is 12.9. The SMILES string of the molecule is CCCc1cc(Cl)ccc1C1COc2ccc3cc2N(CCC(CC)C(O)/C=C/COC(C)(C)C(=O)N=S3(=O)NC(=O)C(C)C)C1. The zero-order chi connectivity index (χ0) is 33.6. The van der Waals surface area contributed by atoms with Gasteiger partial charge in [-0.2, -0.15) is 0 Å². The molecule has 2 bridgehead atoms. The van der Waals surface area contributed by atoms with E-state index in [9.17, 15) is 18.9 Å². The van der Waals surface area contributed by atoms with Gasteiger partial charge in [0.15, 0.2) is 9.92 Å². The number of carbonyl (C=O) groups excluding carboxylic acids is 2. The molecule has 2 aliphatic heterocycles. The molecule has 2 N–H and O–H groups in total. The maximum absolute atomic E-state index is 14.6. The summed E-state index contributed by atoms with van der Waals surface area (Å²) >= 11 is 6.40. The molecule has 2 aromatic rings. The standard InChI is InChI=1S/C35H48ClN3O6S/c1-7-10-25-19-27(36)12-14-29(25)26-21-39-17-16-24(8-2)31(40)11-9-18-45-35(5,6)34(42)38-46(43,37-33(41)23(3)4)28-13-15-32(44-22-26)30(39)20-28/h9,11-15,19-20,23-24,26,31,40H,7-8,10,16-18,21-22H2,1-6H3,(H,37,38,41,42,43)/b11-9+. The number of carbonyl (C=O) groups is 2. The number of nitrogens with one attached hydrogen (secondary N) is 1. The lowest BCUT2D eigenvalue weighted by molar-refractivity contribution is -0.137. The number of nitrogens with zero attached hydrogens (tertiary/aromatic N) is 2. The van der Waals surface area contributed by atoms with Gasteiger partial charge in [-0.3, -0.25) is 14.3 Å². The molecule has 2 heterocycles. The van der Waals surface area contributed by atoms with Crippen LogP contribution in [-0.2, 0) is 30.7 Å². The Labute approximate surface area is 279 Å². The minimum Gasteiger partial charge on any atom is -0.491 e. The van der Waals surface area contributed by atoms with Crippen molar-refractivity contribution >= 4 is 39.0 Å². The summed E-state index contributed by atoms with van der Waals surface area (Å²) in [7, 11) is -3.76. The molecule has 11 heteroatoms. The van der Waals surface area contributed by atoms with E-state index in [2.05, 4.69) is 33.9 Å². The highest BCUT2D eigenvalue weighted by Gasteiger charge is 2.33. The molecule has 0 saturated carbocycles. The predicted molar refractivity (Wildman–Crippen MR) is 183 cm³/mol. The van der Waals surface area contributed by atoms with Crippen molar-refractivity contribution in [3.63, 3.8) is 0 Å². The summed E-state index contributed by atoms with van der Waals surface area (Å²) in [5.41, 5.74) is 1.59. The third-order valence-corrected chi connectivity index (χ3v) is 10.7. The van der Waals surface area contributed by atoms with Gasteiger partial charge < -0.3 is 19.5 Å². The van der Waals surface area contributed by atoms with Gasteiger partial charge in [0.25, 0.3) is 5.91 Å². The summed E-state index contributed by atoms with van der Waals surface area (Å²) < 4.78 is 33.6. The maximum atomic E-state index is 14.6. The highest BCUT2D eigenvalue weighted by Crippen LogP contribution is 2.38. The third kappa shape index (κ3) is 8.51. The van der Waals surface area contributed by atoms with Crippen molar-refractivity contribution in [1.82, 2.24) is 4.72 Å². The molecule has 0 radical (unpaired) electrons. The van der Waals surface area contributed by atoms with Crippen LogP contribution >= 0.6 is 11.6 Å². The number of hydrogen-bond acceptors (Lipinski definition) is 7. The Bertz CT molecular complexity index is 1570. The minimum absolute atomic E-state index is 0.000582. The van der Waals surface area contributed by atoms with Gasteiger partial charge in [0.05, 0.1) is 29.9 Å². The summed E-state index contributed by atoms with van der Waals surface area (Å²) in [6.07, 6.45) is 5.98. The lowest BCUT2D eigenvalue weighted by Crippen LogP contribution is -2.39. The Morgan fingerprint density at radius 1 is 1.22 bits per heavy atom. The number of anilines is 1. The number of ether oxygens (including phenoxy) is 2. The monoisotopic (exact) mass is 673 g/mol. The van der Waals surface area contributed by atoms with E-state index in [0.717, 1.165) is 24.8 Å². The van der Waals surface area contributed by atoms with E-state index in [1.165, 1.54) is 5.56 Å². The molecule has 2 amide bonds. The van der Waals surface area contributed by atoms with Crippen molar-refractivity contribution in [2.75, 3.05) is 31.2 Å². The summed E-state index contributed by atoms with van der Waals surface area (Å²) in [5, 5.41) is 11.8. The van der Waals surface area contributed by atoms with Crippen LogP contribution in [0.15, 0.2) is 57.8 Å². The summed E-state index contributed by atoms with van der Waals surface area (Å²) in [4.78, 5) is 28.8. The van der Waals surface area contributed by atoms with Crippen LogP contribution in [0, 0.1) is 11.8 Å². The van der Waals surface area contributed by atoms with E-state index >= 15 is 0 Å². The number of amides is 2. The third-order valence-electron chi connectivity index (χ3n) is 8.68. The van der Waals surface area contributed by atoms with E-state index in [-0.39, 0.29) is 23.3 Å². The number of rotatable bonds is 6. The van der Waals surface area contributed by atoms with Crippen LogP contribution in [0.4, 0.5) is 5.69 Å². The first-order valence-corrected chi connectivity index (χ1v) is 18.1. The molecule has 0 spiro atoms. The molecule has 0 aliphatic carbocycles. The molecule has 2 aromatic carbocycles. The molecule has 46 heavy (non-hydrogen) atoms. The van der Waals surface area contributed by atoms with Crippen LogP contribution in [-0.4, -0.2) is 59.1 Å². The van der Waals surface area contributed by atoms with Crippen LogP contribution in [0.1, 0.15) is 77.8 Å². The molecule has 2 aliphatic rings. The molecule has 0 aromatic heterocycles. The molecular formula is C35H48ClN3O6S. The van der Waals surface area contributed by atoms with Crippen LogP contribution < -0.4 is 14.4 Å². The van der Waals surface area contributed by atoms with Gasteiger partial charge in [0, 0.05) is 29.9 Å². The molecule has 4 atom stereocenters. The van der Waals surface area contributed by atoms with Crippen LogP contribution in [0.3, 0.4) is 0 Å². The molecule has 0 fully saturated rings. The number of benzene rings is 2. The Balaban J connectivity index is 1.88. The van der Waals surface area contributed by atoms with Crippen molar-refractivity contribution < 1.29 is 28.4 Å². The van der Waals surface area contributed by atoms with Gasteiger partial charge in [-0.05, 0) is 74.1 Å². The lowest BCUT2D eigenvalue weighted by atomic mass is 9.91. The van der Waals surface area contributed by atoms with Crippen molar-refractivity contribution in [3.05, 3.63) is 64.7 Å². The van der Waals surface area contributed by atoms with Gasteiger partial charge in [-0.25, -0.2) is 4.21 Å². The number of hydrogen-bond donors (Lipinski definition) is 2. The van der Waals surface area contributed by atoms with Crippen LogP contribution in [0.2, 0.25) is 5.02 Å².